The molecule has 5 rings (SSSR count). The van der Waals surface area contributed by atoms with Crippen LogP contribution in [-0.4, -0.2) is 24.7 Å². The normalized spacial score (nSPS) is 11.1. The molecule has 0 fully saturated rings. The first-order valence-corrected chi connectivity index (χ1v) is 11.4. The molecule has 0 aliphatic carbocycles. The van der Waals surface area contributed by atoms with Gasteiger partial charge in [-0.15, -0.1) is 10.2 Å². The zero-order valence-electron chi connectivity index (χ0n) is 16.5. The fourth-order valence-electron chi connectivity index (χ4n) is 3.14. The first-order chi connectivity index (χ1) is 15.7. The molecule has 32 heavy (non-hydrogen) atoms. The second-order valence-corrected chi connectivity index (χ2v) is 8.51. The molecule has 0 N–H and O–H groups in total. The fraction of sp³-hybridized carbons (Fsp3) is 0.0435. The summed E-state index contributed by atoms with van der Waals surface area (Å²) in [6.45, 7) is 0. The predicted octanol–water partition coefficient (Wildman–Crippen LogP) is 6.58. The van der Waals surface area contributed by atoms with Gasteiger partial charge in [0.15, 0.2) is 16.7 Å². The second kappa shape index (κ2) is 9.16. The molecular weight excluding hydrogens is 465 g/mol. The second-order valence-electron chi connectivity index (χ2n) is 6.75. The van der Waals surface area contributed by atoms with Crippen molar-refractivity contribution in [3.05, 3.63) is 95.2 Å². The highest BCUT2D eigenvalue weighted by atomic mass is 35.5. The Morgan fingerprint density at radius 3 is 2.50 bits per heavy atom. The van der Waals surface area contributed by atoms with Crippen LogP contribution in [0.3, 0.4) is 0 Å². The average Bonchev–Trinajstić information content (AvgIpc) is 3.48. The maximum Gasteiger partial charge on any atom is 0.205 e. The minimum atomic E-state index is 0.450. The van der Waals surface area contributed by atoms with Gasteiger partial charge in [0.05, 0.1) is 27.7 Å². The average molecular weight is 480 g/mol. The minimum Gasteiger partial charge on any atom is -0.440 e. The Morgan fingerprint density at radius 2 is 1.72 bits per heavy atom. The van der Waals surface area contributed by atoms with Crippen LogP contribution in [0.25, 0.3) is 28.4 Å². The van der Waals surface area contributed by atoms with Crippen molar-refractivity contribution in [1.82, 2.24) is 24.7 Å². The molecule has 9 heteroatoms. The molecule has 158 valence electrons. The molecule has 0 aliphatic rings. The zero-order chi connectivity index (χ0) is 21.9. The number of pyridine rings is 1. The predicted molar refractivity (Wildman–Crippen MR) is 126 cm³/mol. The lowest BCUT2D eigenvalue weighted by Gasteiger charge is -2.11. The van der Waals surface area contributed by atoms with Gasteiger partial charge in [0.1, 0.15) is 0 Å². The molecule has 3 heterocycles. The third-order valence-electron chi connectivity index (χ3n) is 4.65. The fourth-order valence-corrected chi connectivity index (χ4v) is 4.24. The van der Waals surface area contributed by atoms with Crippen molar-refractivity contribution in [3.8, 4) is 28.4 Å². The van der Waals surface area contributed by atoms with Gasteiger partial charge in [-0.2, -0.15) is 0 Å². The van der Waals surface area contributed by atoms with Crippen LogP contribution in [-0.2, 0) is 5.75 Å². The van der Waals surface area contributed by atoms with Crippen LogP contribution in [0.2, 0.25) is 10.0 Å². The van der Waals surface area contributed by atoms with Gasteiger partial charge in [0.25, 0.3) is 0 Å². The number of rotatable bonds is 6. The first kappa shape index (κ1) is 20.8. The van der Waals surface area contributed by atoms with Gasteiger partial charge in [0, 0.05) is 23.5 Å². The van der Waals surface area contributed by atoms with Gasteiger partial charge in [-0.05, 0) is 30.3 Å². The summed E-state index contributed by atoms with van der Waals surface area (Å²) in [6.07, 6.45) is 5.19. The van der Waals surface area contributed by atoms with Gasteiger partial charge in [-0.25, -0.2) is 4.98 Å². The summed E-state index contributed by atoms with van der Waals surface area (Å²) in [7, 11) is 0. The van der Waals surface area contributed by atoms with E-state index in [0.29, 0.717) is 32.7 Å². The third kappa shape index (κ3) is 4.27. The Balaban J connectivity index is 1.47. The molecule has 0 spiro atoms. The van der Waals surface area contributed by atoms with Crippen molar-refractivity contribution in [3.63, 3.8) is 0 Å². The van der Waals surface area contributed by atoms with Gasteiger partial charge in [0.2, 0.25) is 5.89 Å². The van der Waals surface area contributed by atoms with Crippen LogP contribution < -0.4 is 0 Å². The van der Waals surface area contributed by atoms with Gasteiger partial charge in [-0.3, -0.25) is 9.55 Å². The summed E-state index contributed by atoms with van der Waals surface area (Å²) in [5.41, 5.74) is 2.61. The van der Waals surface area contributed by atoms with E-state index in [9.17, 15) is 0 Å². The van der Waals surface area contributed by atoms with Crippen molar-refractivity contribution < 1.29 is 4.42 Å². The monoisotopic (exact) mass is 479 g/mol. The summed E-state index contributed by atoms with van der Waals surface area (Å²) >= 11 is 13.9. The van der Waals surface area contributed by atoms with E-state index in [1.165, 1.54) is 11.8 Å². The van der Waals surface area contributed by atoms with E-state index in [-0.39, 0.29) is 0 Å². The van der Waals surface area contributed by atoms with Crippen molar-refractivity contribution in [1.29, 1.82) is 0 Å². The Morgan fingerprint density at radius 1 is 0.875 bits per heavy atom. The summed E-state index contributed by atoms with van der Waals surface area (Å²) < 4.78 is 7.85. The Kier molecular flexibility index (Phi) is 5.94. The van der Waals surface area contributed by atoms with Crippen molar-refractivity contribution >= 4 is 35.0 Å². The number of aromatic nitrogens is 5. The topological polar surface area (TPSA) is 69.6 Å². The number of thioether (sulfide) groups is 1. The highest BCUT2D eigenvalue weighted by molar-refractivity contribution is 7.98. The molecule has 0 saturated heterocycles. The molecule has 5 aromatic rings. The molecule has 0 amide bonds. The Hall–Kier alpha value is -3.13. The van der Waals surface area contributed by atoms with Crippen LogP contribution in [0.4, 0.5) is 0 Å². The number of halogens is 2. The van der Waals surface area contributed by atoms with Crippen LogP contribution in [0.1, 0.15) is 5.89 Å². The Bertz CT molecular complexity index is 1360. The summed E-state index contributed by atoms with van der Waals surface area (Å²) in [5.74, 6) is 2.46. The number of hydrogen-bond acceptors (Lipinski definition) is 6. The molecule has 0 bridgehead atoms. The van der Waals surface area contributed by atoms with E-state index in [4.69, 9.17) is 27.6 Å². The highest BCUT2D eigenvalue weighted by Gasteiger charge is 2.18. The third-order valence-corrected chi connectivity index (χ3v) is 6.30. The van der Waals surface area contributed by atoms with Crippen LogP contribution in [0, 0.1) is 0 Å². The lowest BCUT2D eigenvalue weighted by Crippen LogP contribution is -2.00. The molecule has 0 saturated carbocycles. The van der Waals surface area contributed by atoms with Crippen LogP contribution in [0.15, 0.2) is 88.8 Å². The molecule has 0 atom stereocenters. The van der Waals surface area contributed by atoms with E-state index < -0.39 is 0 Å². The lowest BCUT2D eigenvalue weighted by atomic mass is 10.2. The molecule has 6 nitrogen and oxygen atoms in total. The Labute approximate surface area is 198 Å². The van der Waals surface area contributed by atoms with Crippen molar-refractivity contribution in [2.75, 3.05) is 0 Å². The largest absolute Gasteiger partial charge is 0.440 e. The minimum absolute atomic E-state index is 0.450. The van der Waals surface area contributed by atoms with Crippen LogP contribution >= 0.6 is 35.0 Å². The van der Waals surface area contributed by atoms with Gasteiger partial charge < -0.3 is 4.42 Å². The number of benzene rings is 2. The van der Waals surface area contributed by atoms with Crippen molar-refractivity contribution in [2.24, 2.45) is 0 Å². The summed E-state index contributed by atoms with van der Waals surface area (Å²) in [6, 6.07) is 19.1. The molecule has 3 aromatic heterocycles. The summed E-state index contributed by atoms with van der Waals surface area (Å²) in [5, 5.41) is 10.4. The van der Waals surface area contributed by atoms with E-state index in [1.54, 1.807) is 30.7 Å². The number of oxazole rings is 1. The SMILES string of the molecule is Clc1ccc(-n2c(SCc3ncc(-c4ccccc4)o3)nnc2-c2cccnc2)cc1Cl. The maximum atomic E-state index is 6.29. The maximum absolute atomic E-state index is 6.29. The lowest BCUT2D eigenvalue weighted by molar-refractivity contribution is 0.529. The molecular formula is C23H15Cl2N5OS. The van der Waals surface area contributed by atoms with E-state index in [2.05, 4.69) is 20.2 Å². The van der Waals surface area contributed by atoms with E-state index in [0.717, 1.165) is 22.6 Å². The summed E-state index contributed by atoms with van der Waals surface area (Å²) in [4.78, 5) is 8.61. The molecule has 0 aliphatic heterocycles. The molecule has 0 unspecified atom stereocenters. The van der Waals surface area contributed by atoms with E-state index >= 15 is 0 Å². The van der Waals surface area contributed by atoms with Gasteiger partial charge >= 0.3 is 0 Å². The first-order valence-electron chi connectivity index (χ1n) is 9.63. The molecule has 2 aromatic carbocycles. The zero-order valence-corrected chi connectivity index (χ0v) is 18.8. The number of hydrogen-bond donors (Lipinski definition) is 0. The number of nitrogens with zero attached hydrogens (tertiary/aromatic N) is 5. The molecule has 0 radical (unpaired) electrons. The van der Waals surface area contributed by atoms with Crippen molar-refractivity contribution in [2.45, 2.75) is 10.9 Å². The van der Waals surface area contributed by atoms with Crippen LogP contribution in [0.5, 0.6) is 0 Å². The van der Waals surface area contributed by atoms with E-state index in [1.807, 2.05) is 53.1 Å². The quantitative estimate of drug-likeness (QED) is 0.256. The van der Waals surface area contributed by atoms with Gasteiger partial charge in [-0.1, -0.05) is 65.3 Å². The highest BCUT2D eigenvalue weighted by Crippen LogP contribution is 2.32. The smallest absolute Gasteiger partial charge is 0.205 e. The standard InChI is InChI=1S/C23H15Cl2N5OS/c24-18-9-8-17(11-19(18)25)30-22(16-7-4-10-26-12-16)28-29-23(30)32-14-21-27-13-20(31-21)15-5-2-1-3-6-15/h1-13H,14H2.